The zero-order chi connectivity index (χ0) is 7.82. The predicted molar refractivity (Wildman–Crippen MR) is 45.2 cm³/mol. The van der Waals surface area contributed by atoms with Crippen molar-refractivity contribution in [1.29, 1.82) is 0 Å². The van der Waals surface area contributed by atoms with Gasteiger partial charge in [-0.15, -0.1) is 23.2 Å². The van der Waals surface area contributed by atoms with Crippen LogP contribution in [-0.4, -0.2) is 29.4 Å². The van der Waals surface area contributed by atoms with Crippen LogP contribution >= 0.6 is 35.0 Å². The van der Waals surface area contributed by atoms with Gasteiger partial charge in [-0.1, -0.05) is 0 Å². The van der Waals surface area contributed by atoms with E-state index in [1.807, 2.05) is 0 Å². The third kappa shape index (κ3) is 6.52. The maximum atomic E-state index is 10.6. The summed E-state index contributed by atoms with van der Waals surface area (Å²) in [7, 11) is 0. The summed E-state index contributed by atoms with van der Waals surface area (Å²) in [5.74, 6) is 1.39. The molecule has 0 heterocycles. The molecule has 0 saturated heterocycles. The molecule has 0 spiro atoms. The Bertz CT molecular complexity index is 89.6. The fourth-order valence-corrected chi connectivity index (χ4v) is 1.00. The molecular weight excluding hydrogens is 195 g/mol. The van der Waals surface area contributed by atoms with Gasteiger partial charge in [-0.05, 0) is 11.8 Å². The second-order valence-electron chi connectivity index (χ2n) is 1.32. The highest BCUT2D eigenvalue weighted by atomic mass is 35.5. The Hall–Kier alpha value is 0.400. The average Bonchev–Trinajstić information content (AvgIpc) is 1.97. The lowest BCUT2D eigenvalue weighted by atomic mass is 10.9. The van der Waals surface area contributed by atoms with Crippen molar-refractivity contribution < 1.29 is 9.53 Å². The minimum atomic E-state index is -0.304. The molecule has 0 saturated carbocycles. The first-order chi connectivity index (χ1) is 4.81. The standard InChI is InChI=1S/C5H8Cl2O2S/c6-1-3-9-5(8)10-4-2-7/h1-4H2. The van der Waals surface area contributed by atoms with Crippen LogP contribution in [0, 0.1) is 0 Å². The van der Waals surface area contributed by atoms with Gasteiger partial charge in [0.15, 0.2) is 0 Å². The van der Waals surface area contributed by atoms with Crippen LogP contribution in [0.1, 0.15) is 0 Å². The first-order valence-electron chi connectivity index (χ1n) is 2.72. The SMILES string of the molecule is O=C(OCCCl)SCCCl. The van der Waals surface area contributed by atoms with Crippen LogP contribution in [0.15, 0.2) is 0 Å². The molecule has 0 aromatic carbocycles. The summed E-state index contributed by atoms with van der Waals surface area (Å²) in [6.07, 6.45) is 0. The molecule has 0 aromatic heterocycles. The molecule has 0 aromatic rings. The highest BCUT2D eigenvalue weighted by Gasteiger charge is 2.00. The molecule has 0 radical (unpaired) electrons. The maximum Gasteiger partial charge on any atom is 0.367 e. The number of ether oxygens (including phenoxy) is 1. The predicted octanol–water partition coefficient (Wildman–Crippen LogP) is 2.33. The number of carbonyl (C=O) groups excluding carboxylic acids is 1. The number of hydrogen-bond donors (Lipinski definition) is 0. The van der Waals surface area contributed by atoms with Crippen LogP contribution < -0.4 is 0 Å². The van der Waals surface area contributed by atoms with E-state index in [-0.39, 0.29) is 11.9 Å². The Morgan fingerprint density at radius 1 is 1.40 bits per heavy atom. The van der Waals surface area contributed by atoms with Crippen LogP contribution in [0.25, 0.3) is 0 Å². The maximum absolute atomic E-state index is 10.6. The second kappa shape index (κ2) is 7.51. The topological polar surface area (TPSA) is 26.3 Å². The monoisotopic (exact) mass is 202 g/mol. The molecule has 0 fully saturated rings. The Labute approximate surface area is 74.2 Å². The van der Waals surface area contributed by atoms with E-state index in [0.717, 1.165) is 11.8 Å². The van der Waals surface area contributed by atoms with E-state index in [1.165, 1.54) is 0 Å². The van der Waals surface area contributed by atoms with E-state index >= 15 is 0 Å². The molecule has 0 aliphatic heterocycles. The average molecular weight is 203 g/mol. The Morgan fingerprint density at radius 2 is 2.10 bits per heavy atom. The molecule has 0 amide bonds. The molecule has 0 aliphatic rings. The molecule has 0 rings (SSSR count). The molecule has 0 bridgehead atoms. The quantitative estimate of drug-likeness (QED) is 0.518. The number of carbonyl (C=O) groups is 1. The summed E-state index contributed by atoms with van der Waals surface area (Å²) < 4.78 is 4.63. The van der Waals surface area contributed by atoms with Gasteiger partial charge in [0.25, 0.3) is 0 Å². The number of thioether (sulfide) groups is 1. The minimum absolute atomic E-state index is 0.273. The number of alkyl halides is 2. The summed E-state index contributed by atoms with van der Waals surface area (Å²) in [5.41, 5.74) is 0. The lowest BCUT2D eigenvalue weighted by Crippen LogP contribution is -2.01. The Balaban J connectivity index is 3.09. The van der Waals surface area contributed by atoms with Crippen molar-refractivity contribution in [2.45, 2.75) is 0 Å². The summed E-state index contributed by atoms with van der Waals surface area (Å²) in [6.45, 7) is 0.273. The van der Waals surface area contributed by atoms with Crippen molar-refractivity contribution in [3.05, 3.63) is 0 Å². The molecular formula is C5H8Cl2O2S. The van der Waals surface area contributed by atoms with Gasteiger partial charge in [-0.25, -0.2) is 4.79 Å². The van der Waals surface area contributed by atoms with Gasteiger partial charge in [0.1, 0.15) is 6.61 Å². The van der Waals surface area contributed by atoms with E-state index in [1.54, 1.807) is 0 Å². The molecule has 0 unspecified atom stereocenters. The zero-order valence-electron chi connectivity index (χ0n) is 5.31. The Kier molecular flexibility index (Phi) is 7.81. The van der Waals surface area contributed by atoms with Crippen LogP contribution in [0.2, 0.25) is 0 Å². The third-order valence-electron chi connectivity index (χ3n) is 0.594. The number of halogens is 2. The fourth-order valence-electron chi connectivity index (χ4n) is 0.285. The lowest BCUT2D eigenvalue weighted by Gasteiger charge is -1.98. The van der Waals surface area contributed by atoms with Crippen molar-refractivity contribution >= 4 is 40.3 Å². The van der Waals surface area contributed by atoms with Crippen molar-refractivity contribution in [3.63, 3.8) is 0 Å². The van der Waals surface area contributed by atoms with Crippen LogP contribution in [0.5, 0.6) is 0 Å². The van der Waals surface area contributed by atoms with Gasteiger partial charge in [0.05, 0.1) is 5.88 Å². The smallest absolute Gasteiger partial charge is 0.367 e. The largest absolute Gasteiger partial charge is 0.456 e. The van der Waals surface area contributed by atoms with Gasteiger partial charge in [-0.3, -0.25) is 0 Å². The Morgan fingerprint density at radius 3 is 2.60 bits per heavy atom. The summed E-state index contributed by atoms with van der Waals surface area (Å²) in [5, 5.41) is -0.304. The van der Waals surface area contributed by atoms with Crippen molar-refractivity contribution in [2.24, 2.45) is 0 Å². The highest BCUT2D eigenvalue weighted by Crippen LogP contribution is 2.04. The molecule has 0 atom stereocenters. The molecule has 60 valence electrons. The van der Waals surface area contributed by atoms with E-state index < -0.39 is 0 Å². The molecule has 10 heavy (non-hydrogen) atoms. The van der Waals surface area contributed by atoms with E-state index in [2.05, 4.69) is 4.74 Å². The second-order valence-corrected chi connectivity index (χ2v) is 3.11. The molecule has 2 nitrogen and oxygen atoms in total. The van der Waals surface area contributed by atoms with Gasteiger partial charge in [0, 0.05) is 11.6 Å². The van der Waals surface area contributed by atoms with E-state index in [0.29, 0.717) is 17.5 Å². The number of rotatable bonds is 4. The first-order valence-corrected chi connectivity index (χ1v) is 4.78. The lowest BCUT2D eigenvalue weighted by molar-refractivity contribution is 0.182. The van der Waals surface area contributed by atoms with Crippen molar-refractivity contribution in [3.8, 4) is 0 Å². The highest BCUT2D eigenvalue weighted by molar-refractivity contribution is 8.13. The summed E-state index contributed by atoms with van der Waals surface area (Å²) in [6, 6.07) is 0. The van der Waals surface area contributed by atoms with E-state index in [4.69, 9.17) is 23.2 Å². The van der Waals surface area contributed by atoms with Gasteiger partial charge < -0.3 is 4.74 Å². The number of hydrogen-bond acceptors (Lipinski definition) is 3. The fraction of sp³-hybridized carbons (Fsp3) is 0.800. The van der Waals surface area contributed by atoms with Crippen LogP contribution in [0.4, 0.5) is 4.79 Å². The molecule has 0 N–H and O–H groups in total. The normalized spacial score (nSPS) is 9.40. The zero-order valence-corrected chi connectivity index (χ0v) is 7.64. The molecule has 5 heteroatoms. The van der Waals surface area contributed by atoms with Crippen LogP contribution in [0.3, 0.4) is 0 Å². The first kappa shape index (κ1) is 10.4. The van der Waals surface area contributed by atoms with Gasteiger partial charge >= 0.3 is 5.30 Å². The van der Waals surface area contributed by atoms with Crippen molar-refractivity contribution in [2.75, 3.05) is 24.1 Å². The van der Waals surface area contributed by atoms with Crippen molar-refractivity contribution in [1.82, 2.24) is 0 Å². The van der Waals surface area contributed by atoms with E-state index in [9.17, 15) is 4.79 Å². The van der Waals surface area contributed by atoms with Gasteiger partial charge in [0.2, 0.25) is 0 Å². The summed E-state index contributed by atoms with van der Waals surface area (Å²) in [4.78, 5) is 10.6. The molecule has 0 aliphatic carbocycles. The third-order valence-corrected chi connectivity index (χ3v) is 1.92. The summed E-state index contributed by atoms with van der Waals surface area (Å²) >= 11 is 11.7. The van der Waals surface area contributed by atoms with Gasteiger partial charge in [-0.2, -0.15) is 0 Å². The van der Waals surface area contributed by atoms with Crippen LogP contribution in [-0.2, 0) is 4.74 Å². The minimum Gasteiger partial charge on any atom is -0.456 e.